The van der Waals surface area contributed by atoms with Crippen LogP contribution >= 0.6 is 11.6 Å². The fourth-order valence-corrected chi connectivity index (χ4v) is 4.01. The van der Waals surface area contributed by atoms with Crippen LogP contribution in [0.4, 0.5) is 11.5 Å². The third kappa shape index (κ3) is 3.90. The lowest BCUT2D eigenvalue weighted by molar-refractivity contribution is -0.385. The van der Waals surface area contributed by atoms with Crippen LogP contribution in [0.1, 0.15) is 18.4 Å². The summed E-state index contributed by atoms with van der Waals surface area (Å²) in [6.07, 6.45) is 3.48. The monoisotopic (exact) mass is 382 g/mol. The average Bonchev–Trinajstić information content (AvgIpc) is 3.09. The highest BCUT2D eigenvalue weighted by Gasteiger charge is 2.36. The van der Waals surface area contributed by atoms with Crippen molar-refractivity contribution in [3.8, 4) is 11.8 Å². The van der Waals surface area contributed by atoms with Gasteiger partial charge in [-0.25, -0.2) is 4.98 Å². The molecule has 0 radical (unpaired) electrons. The van der Waals surface area contributed by atoms with Gasteiger partial charge >= 0.3 is 0 Å². The number of hydrogen-bond donors (Lipinski definition) is 0. The van der Waals surface area contributed by atoms with Crippen LogP contribution in [0.15, 0.2) is 42.6 Å². The summed E-state index contributed by atoms with van der Waals surface area (Å²) < 4.78 is 0. The van der Waals surface area contributed by atoms with Crippen LogP contribution in [0.5, 0.6) is 0 Å². The Labute approximate surface area is 162 Å². The highest BCUT2D eigenvalue weighted by Crippen LogP contribution is 2.29. The van der Waals surface area contributed by atoms with Gasteiger partial charge in [0.25, 0.3) is 5.69 Å². The largest absolute Gasteiger partial charge is 0.354 e. The third-order valence-electron chi connectivity index (χ3n) is 5.18. The van der Waals surface area contributed by atoms with Crippen molar-refractivity contribution in [2.24, 2.45) is 0 Å². The van der Waals surface area contributed by atoms with Crippen molar-refractivity contribution in [2.45, 2.75) is 24.9 Å². The molecule has 2 aliphatic heterocycles. The van der Waals surface area contributed by atoms with Gasteiger partial charge in [-0.05, 0) is 37.1 Å². The molecule has 0 unspecified atom stereocenters. The molecule has 0 amide bonds. The van der Waals surface area contributed by atoms with Crippen molar-refractivity contribution < 1.29 is 4.92 Å². The van der Waals surface area contributed by atoms with E-state index in [0.29, 0.717) is 11.1 Å². The molecule has 0 N–H and O–H groups in total. The number of rotatable bonds is 2. The Bertz CT molecular complexity index is 906. The lowest BCUT2D eigenvalue weighted by Crippen LogP contribution is -2.52. The molecular formula is C20H19ClN4O2. The lowest BCUT2D eigenvalue weighted by Gasteiger charge is -2.39. The quantitative estimate of drug-likeness (QED) is 0.453. The minimum Gasteiger partial charge on any atom is -0.354 e. The number of piperazine rings is 1. The number of pyridine rings is 1. The van der Waals surface area contributed by atoms with Crippen molar-refractivity contribution in [2.75, 3.05) is 24.5 Å². The molecular weight excluding hydrogens is 364 g/mol. The summed E-state index contributed by atoms with van der Waals surface area (Å²) in [7, 11) is 0. The maximum absolute atomic E-state index is 10.8. The zero-order valence-electron chi connectivity index (χ0n) is 14.7. The third-order valence-corrected chi connectivity index (χ3v) is 5.41. The van der Waals surface area contributed by atoms with E-state index in [1.54, 1.807) is 6.07 Å². The lowest BCUT2D eigenvalue weighted by atomic mass is 10.1. The molecule has 3 heterocycles. The summed E-state index contributed by atoms with van der Waals surface area (Å²) in [4.78, 5) is 19.3. The molecule has 1 aromatic heterocycles. The maximum Gasteiger partial charge on any atom is 0.287 e. The van der Waals surface area contributed by atoms with Crippen molar-refractivity contribution in [1.82, 2.24) is 9.88 Å². The first-order valence-corrected chi connectivity index (χ1v) is 9.36. The molecule has 0 spiro atoms. The van der Waals surface area contributed by atoms with Gasteiger partial charge in [0.1, 0.15) is 12.0 Å². The minimum atomic E-state index is -0.422. The number of hydrogen-bond acceptors (Lipinski definition) is 5. The molecule has 2 aliphatic rings. The van der Waals surface area contributed by atoms with E-state index in [9.17, 15) is 10.1 Å². The van der Waals surface area contributed by atoms with Crippen molar-refractivity contribution in [3.63, 3.8) is 0 Å². The van der Waals surface area contributed by atoms with Crippen LogP contribution in [0.2, 0.25) is 5.02 Å². The highest BCUT2D eigenvalue weighted by atomic mass is 35.5. The molecule has 7 heteroatoms. The smallest absolute Gasteiger partial charge is 0.287 e. The predicted octanol–water partition coefficient (Wildman–Crippen LogP) is 3.35. The van der Waals surface area contributed by atoms with Crippen LogP contribution in [0, 0.1) is 22.0 Å². The van der Waals surface area contributed by atoms with Crippen LogP contribution in [0.25, 0.3) is 0 Å². The number of nitrogens with zero attached hydrogens (tertiary/aromatic N) is 4. The molecule has 4 rings (SSSR count). The van der Waals surface area contributed by atoms with Crippen LogP contribution in [-0.4, -0.2) is 46.5 Å². The topological polar surface area (TPSA) is 62.5 Å². The second kappa shape index (κ2) is 7.55. The van der Waals surface area contributed by atoms with Crippen LogP contribution in [0.3, 0.4) is 0 Å². The van der Waals surface area contributed by atoms with Gasteiger partial charge in [-0.3, -0.25) is 15.0 Å². The molecule has 2 aromatic rings. The SMILES string of the molecule is O=[N+]([O-])c1ccc(N2CCN3[C@@H](CC[C@@H]3C#Cc3cccc(Cl)c3)C2)nc1. The zero-order valence-corrected chi connectivity index (χ0v) is 15.5. The van der Waals surface area contributed by atoms with Gasteiger partial charge in [0.2, 0.25) is 0 Å². The van der Waals surface area contributed by atoms with E-state index >= 15 is 0 Å². The number of anilines is 1. The summed E-state index contributed by atoms with van der Waals surface area (Å²) in [6, 6.07) is 11.6. The molecule has 138 valence electrons. The fraction of sp³-hybridized carbons (Fsp3) is 0.350. The summed E-state index contributed by atoms with van der Waals surface area (Å²) >= 11 is 6.03. The molecule has 27 heavy (non-hydrogen) atoms. The first kappa shape index (κ1) is 17.8. The number of halogens is 1. The standard InChI is InChI=1S/C20H19ClN4O2/c21-16-3-1-2-15(12-16)4-5-17-6-7-19-14-23(10-11-24(17)19)20-9-8-18(13-22-20)25(26)27/h1-3,8-9,12-13,17,19H,6-7,10-11,14H2/t17-,19-/m0/s1. The molecule has 2 atom stereocenters. The van der Waals surface area contributed by atoms with Gasteiger partial charge in [0.05, 0.1) is 11.0 Å². The number of aromatic nitrogens is 1. The second-order valence-corrected chi connectivity index (χ2v) is 7.28. The number of nitro groups is 1. The Morgan fingerprint density at radius 2 is 2.11 bits per heavy atom. The van der Waals surface area contributed by atoms with Crippen molar-refractivity contribution in [3.05, 3.63) is 63.3 Å². The molecule has 0 bridgehead atoms. The van der Waals surface area contributed by atoms with Gasteiger partial charge in [-0.1, -0.05) is 29.5 Å². The predicted molar refractivity (Wildman–Crippen MR) is 105 cm³/mol. The molecule has 2 fully saturated rings. The molecule has 6 nitrogen and oxygen atoms in total. The zero-order chi connectivity index (χ0) is 18.8. The van der Waals surface area contributed by atoms with E-state index in [2.05, 4.69) is 26.6 Å². The summed E-state index contributed by atoms with van der Waals surface area (Å²) in [5.74, 6) is 7.46. The van der Waals surface area contributed by atoms with E-state index in [-0.39, 0.29) is 11.7 Å². The van der Waals surface area contributed by atoms with E-state index in [0.717, 1.165) is 43.9 Å². The van der Waals surface area contributed by atoms with Gasteiger partial charge in [-0.15, -0.1) is 0 Å². The Balaban J connectivity index is 1.42. The van der Waals surface area contributed by atoms with Crippen molar-refractivity contribution in [1.29, 1.82) is 0 Å². The summed E-state index contributed by atoms with van der Waals surface area (Å²) in [5, 5.41) is 11.5. The Morgan fingerprint density at radius 3 is 2.85 bits per heavy atom. The van der Waals surface area contributed by atoms with E-state index in [4.69, 9.17) is 11.6 Å². The fourth-order valence-electron chi connectivity index (χ4n) is 3.82. The van der Waals surface area contributed by atoms with Gasteiger partial charge < -0.3 is 4.90 Å². The minimum absolute atomic E-state index is 0.0228. The van der Waals surface area contributed by atoms with E-state index in [1.807, 2.05) is 24.3 Å². The molecule has 2 saturated heterocycles. The van der Waals surface area contributed by atoms with E-state index in [1.165, 1.54) is 12.3 Å². The number of fused-ring (bicyclic) bond motifs is 1. The van der Waals surface area contributed by atoms with Crippen LogP contribution in [-0.2, 0) is 0 Å². The first-order valence-electron chi connectivity index (χ1n) is 8.98. The van der Waals surface area contributed by atoms with Gasteiger partial charge in [0, 0.05) is 42.3 Å². The molecule has 1 aromatic carbocycles. The van der Waals surface area contributed by atoms with E-state index < -0.39 is 4.92 Å². The Morgan fingerprint density at radius 1 is 1.22 bits per heavy atom. The number of benzene rings is 1. The average molecular weight is 383 g/mol. The highest BCUT2D eigenvalue weighted by molar-refractivity contribution is 6.30. The molecule has 0 saturated carbocycles. The van der Waals surface area contributed by atoms with Gasteiger partial charge in [-0.2, -0.15) is 0 Å². The molecule has 0 aliphatic carbocycles. The Kier molecular flexibility index (Phi) is 4.97. The first-order chi connectivity index (χ1) is 13.1. The Hall–Kier alpha value is -2.62. The van der Waals surface area contributed by atoms with Crippen LogP contribution < -0.4 is 4.90 Å². The maximum atomic E-state index is 10.8. The van der Waals surface area contributed by atoms with Crippen molar-refractivity contribution >= 4 is 23.1 Å². The normalized spacial score (nSPS) is 22.0. The second-order valence-electron chi connectivity index (χ2n) is 6.84. The van der Waals surface area contributed by atoms with Gasteiger partial charge in [0.15, 0.2) is 0 Å². The summed E-state index contributed by atoms with van der Waals surface area (Å²) in [5.41, 5.74) is 0.967. The summed E-state index contributed by atoms with van der Waals surface area (Å²) in [6.45, 7) is 2.63.